The zero-order chi connectivity index (χ0) is 17.8. The summed E-state index contributed by atoms with van der Waals surface area (Å²) in [5, 5.41) is 15.5. The van der Waals surface area contributed by atoms with E-state index >= 15 is 0 Å². The largest absolute Gasteiger partial charge is 0.490 e. The summed E-state index contributed by atoms with van der Waals surface area (Å²) in [7, 11) is 0. The van der Waals surface area contributed by atoms with Crippen molar-refractivity contribution in [2.75, 3.05) is 18.5 Å². The Morgan fingerprint density at radius 3 is 3.04 bits per heavy atom. The number of anilines is 1. The van der Waals surface area contributed by atoms with Crippen LogP contribution >= 0.6 is 0 Å². The number of nitrogens with one attached hydrogen (secondary N) is 1. The summed E-state index contributed by atoms with van der Waals surface area (Å²) in [6, 6.07) is 7.20. The number of hydrogen-bond acceptors (Lipinski definition) is 5. The molecule has 2 heterocycles. The van der Waals surface area contributed by atoms with Crippen molar-refractivity contribution in [3.63, 3.8) is 0 Å². The van der Waals surface area contributed by atoms with E-state index in [9.17, 15) is 9.59 Å². The molecular weight excluding hydrogens is 326 g/mol. The number of benzene rings is 1. The van der Waals surface area contributed by atoms with Crippen molar-refractivity contribution in [2.45, 2.75) is 19.9 Å². The third-order valence-corrected chi connectivity index (χ3v) is 3.82. The number of aromatic nitrogens is 2. The number of aliphatic carboxylic acids is 1. The van der Waals surface area contributed by atoms with Gasteiger partial charge in [0.2, 0.25) is 5.91 Å². The molecule has 0 saturated carbocycles. The molecule has 132 valence electrons. The highest BCUT2D eigenvalue weighted by Crippen LogP contribution is 2.36. The van der Waals surface area contributed by atoms with Crippen LogP contribution in [0.5, 0.6) is 11.5 Å². The Morgan fingerprint density at radius 2 is 2.28 bits per heavy atom. The van der Waals surface area contributed by atoms with Crippen LogP contribution in [0.1, 0.15) is 12.5 Å². The molecule has 2 aromatic rings. The molecule has 0 fully saturated rings. The second-order valence-electron chi connectivity index (χ2n) is 5.67. The monoisotopic (exact) mass is 345 g/mol. The first-order chi connectivity index (χ1) is 12.1. The maximum Gasteiger partial charge on any atom is 0.325 e. The summed E-state index contributed by atoms with van der Waals surface area (Å²) in [6.45, 7) is 2.44. The first-order valence-electron chi connectivity index (χ1n) is 8.00. The van der Waals surface area contributed by atoms with E-state index in [4.69, 9.17) is 14.6 Å². The van der Waals surface area contributed by atoms with Crippen LogP contribution in [0.3, 0.4) is 0 Å². The average Bonchev–Trinajstić information content (AvgIpc) is 3.01. The molecule has 0 saturated heterocycles. The van der Waals surface area contributed by atoms with Gasteiger partial charge in [-0.15, -0.1) is 0 Å². The normalized spacial score (nSPS) is 15.8. The molecule has 1 aromatic heterocycles. The molecule has 25 heavy (non-hydrogen) atoms. The van der Waals surface area contributed by atoms with Crippen LogP contribution in [0.25, 0.3) is 0 Å². The highest BCUT2D eigenvalue weighted by molar-refractivity contribution is 5.92. The molecule has 1 unspecified atom stereocenters. The standard InChI is InChI=1S/C17H19N3O5/c1-2-24-13-5-3-4-11-8-12(10-25-16(11)13)17(23)18-14-6-7-20(19-14)9-15(21)22/h3-7,12H,2,8-10H2,1H3,(H,21,22)(H,18,19,23). The van der Waals surface area contributed by atoms with Gasteiger partial charge in [0.15, 0.2) is 17.3 Å². The molecule has 3 rings (SSSR count). The summed E-state index contributed by atoms with van der Waals surface area (Å²) < 4.78 is 12.5. The Bertz CT molecular complexity index is 786. The molecule has 8 nitrogen and oxygen atoms in total. The van der Waals surface area contributed by atoms with Gasteiger partial charge in [-0.25, -0.2) is 0 Å². The fourth-order valence-electron chi connectivity index (χ4n) is 2.71. The van der Waals surface area contributed by atoms with Gasteiger partial charge in [-0.3, -0.25) is 14.3 Å². The number of carbonyl (C=O) groups excluding carboxylic acids is 1. The van der Waals surface area contributed by atoms with Crippen molar-refractivity contribution >= 4 is 17.7 Å². The van der Waals surface area contributed by atoms with Crippen LogP contribution in [0.2, 0.25) is 0 Å². The van der Waals surface area contributed by atoms with Gasteiger partial charge in [-0.1, -0.05) is 12.1 Å². The smallest absolute Gasteiger partial charge is 0.325 e. The van der Waals surface area contributed by atoms with Crippen molar-refractivity contribution in [2.24, 2.45) is 5.92 Å². The number of nitrogens with zero attached hydrogens (tertiary/aromatic N) is 2. The SMILES string of the molecule is CCOc1cccc2c1OCC(C(=O)Nc1ccn(CC(=O)O)n1)C2. The molecule has 0 radical (unpaired) electrons. The molecule has 0 aliphatic carbocycles. The summed E-state index contributed by atoms with van der Waals surface area (Å²) in [4.78, 5) is 23.1. The zero-order valence-corrected chi connectivity index (χ0v) is 13.8. The van der Waals surface area contributed by atoms with Crippen LogP contribution in [0.15, 0.2) is 30.5 Å². The zero-order valence-electron chi connectivity index (χ0n) is 13.8. The van der Waals surface area contributed by atoms with Crippen molar-refractivity contribution in [3.8, 4) is 11.5 Å². The number of ether oxygens (including phenoxy) is 2. The van der Waals surface area contributed by atoms with Crippen LogP contribution in [-0.2, 0) is 22.6 Å². The Balaban J connectivity index is 1.65. The van der Waals surface area contributed by atoms with Gasteiger partial charge in [-0.2, -0.15) is 5.10 Å². The molecule has 0 spiro atoms. The van der Waals surface area contributed by atoms with Gasteiger partial charge in [0.25, 0.3) is 0 Å². The molecule has 0 bridgehead atoms. The number of carbonyl (C=O) groups is 2. The van der Waals surface area contributed by atoms with Crippen LogP contribution in [-0.4, -0.2) is 40.0 Å². The molecule has 2 N–H and O–H groups in total. The van der Waals surface area contributed by atoms with E-state index in [1.165, 1.54) is 10.9 Å². The molecule has 1 aromatic carbocycles. The van der Waals surface area contributed by atoms with Crippen LogP contribution in [0.4, 0.5) is 5.82 Å². The molecule has 1 aliphatic rings. The Kier molecular flexibility index (Phi) is 4.87. The van der Waals surface area contributed by atoms with Crippen molar-refractivity contribution in [3.05, 3.63) is 36.0 Å². The molecule has 1 aliphatic heterocycles. The van der Waals surface area contributed by atoms with E-state index in [0.29, 0.717) is 30.3 Å². The van der Waals surface area contributed by atoms with E-state index < -0.39 is 5.97 Å². The molecule has 1 amide bonds. The maximum absolute atomic E-state index is 12.4. The number of hydrogen-bond donors (Lipinski definition) is 2. The minimum Gasteiger partial charge on any atom is -0.490 e. The highest BCUT2D eigenvalue weighted by Gasteiger charge is 2.28. The Hall–Kier alpha value is -3.03. The molecule has 1 atom stereocenters. The summed E-state index contributed by atoms with van der Waals surface area (Å²) in [5.41, 5.74) is 0.925. The minimum absolute atomic E-state index is 0.215. The van der Waals surface area contributed by atoms with Crippen LogP contribution in [0, 0.1) is 5.92 Å². The fourth-order valence-corrected chi connectivity index (χ4v) is 2.71. The van der Waals surface area contributed by atoms with Gasteiger partial charge in [-0.05, 0) is 25.0 Å². The van der Waals surface area contributed by atoms with Gasteiger partial charge in [0.1, 0.15) is 13.2 Å². The number of carboxylic acid groups (broad SMARTS) is 1. The second-order valence-corrected chi connectivity index (χ2v) is 5.67. The van der Waals surface area contributed by atoms with E-state index in [1.807, 2.05) is 25.1 Å². The van der Waals surface area contributed by atoms with Crippen molar-refractivity contribution in [1.29, 1.82) is 0 Å². The Labute approximate surface area is 144 Å². The lowest BCUT2D eigenvalue weighted by Gasteiger charge is -2.25. The number of amides is 1. The van der Waals surface area contributed by atoms with Gasteiger partial charge in [0.05, 0.1) is 12.5 Å². The topological polar surface area (TPSA) is 103 Å². The third-order valence-electron chi connectivity index (χ3n) is 3.82. The van der Waals surface area contributed by atoms with E-state index in [2.05, 4.69) is 10.4 Å². The summed E-state index contributed by atoms with van der Waals surface area (Å²) in [6.07, 6.45) is 2.04. The van der Waals surface area contributed by atoms with E-state index in [0.717, 1.165) is 5.56 Å². The lowest BCUT2D eigenvalue weighted by Crippen LogP contribution is -2.33. The van der Waals surface area contributed by atoms with Gasteiger partial charge in [0, 0.05) is 12.3 Å². The highest BCUT2D eigenvalue weighted by atomic mass is 16.5. The summed E-state index contributed by atoms with van der Waals surface area (Å²) in [5.74, 6) is 0.135. The van der Waals surface area contributed by atoms with Crippen molar-refractivity contribution in [1.82, 2.24) is 9.78 Å². The number of rotatable bonds is 6. The first kappa shape index (κ1) is 16.8. The quantitative estimate of drug-likeness (QED) is 0.823. The minimum atomic E-state index is -0.997. The predicted octanol–water partition coefficient (Wildman–Crippen LogP) is 1.56. The lowest BCUT2D eigenvalue weighted by atomic mass is 9.95. The Morgan fingerprint density at radius 1 is 1.44 bits per heavy atom. The number of carboxylic acids is 1. The maximum atomic E-state index is 12.4. The van der Waals surface area contributed by atoms with Crippen molar-refractivity contribution < 1.29 is 24.2 Å². The summed E-state index contributed by atoms with van der Waals surface area (Å²) >= 11 is 0. The molecular formula is C17H19N3O5. The number of fused-ring (bicyclic) bond motifs is 1. The second kappa shape index (κ2) is 7.25. The van der Waals surface area contributed by atoms with E-state index in [-0.39, 0.29) is 25.0 Å². The van der Waals surface area contributed by atoms with Gasteiger partial charge < -0.3 is 19.9 Å². The van der Waals surface area contributed by atoms with Crippen LogP contribution < -0.4 is 14.8 Å². The fraction of sp³-hybridized carbons (Fsp3) is 0.353. The first-order valence-corrected chi connectivity index (χ1v) is 8.00. The third kappa shape index (κ3) is 3.90. The number of para-hydroxylation sites is 1. The molecule has 8 heteroatoms. The lowest BCUT2D eigenvalue weighted by molar-refractivity contribution is -0.137. The van der Waals surface area contributed by atoms with E-state index in [1.54, 1.807) is 6.07 Å². The van der Waals surface area contributed by atoms with Gasteiger partial charge >= 0.3 is 5.97 Å². The predicted molar refractivity (Wildman–Crippen MR) is 88.8 cm³/mol. The average molecular weight is 345 g/mol.